The molecule has 52 heavy (non-hydrogen) atoms. The summed E-state index contributed by atoms with van der Waals surface area (Å²) >= 11 is 0. The minimum Gasteiger partial charge on any atom is -0.313 e. The maximum absolute atomic E-state index is 4.37. The number of rotatable bonds is 4. The first-order valence-electron chi connectivity index (χ1n) is 18.8. The van der Waals surface area contributed by atoms with Crippen LogP contribution in [0.3, 0.4) is 0 Å². The van der Waals surface area contributed by atoms with Gasteiger partial charge < -0.3 is 4.57 Å². The quantitative estimate of drug-likeness (QED) is 0.170. The number of para-hydroxylation sites is 1. The van der Waals surface area contributed by atoms with Gasteiger partial charge in [0.25, 0.3) is 0 Å². The second kappa shape index (κ2) is 11.6. The summed E-state index contributed by atoms with van der Waals surface area (Å²) in [5.74, 6) is 0.365. The summed E-state index contributed by atoms with van der Waals surface area (Å²) in [5.41, 5.74) is 16.1. The van der Waals surface area contributed by atoms with Crippen LogP contribution in [-0.2, 0) is 11.8 Å². The highest BCUT2D eigenvalue weighted by Gasteiger charge is 2.31. The van der Waals surface area contributed by atoms with Crippen molar-refractivity contribution in [3.05, 3.63) is 161 Å². The Morgan fingerprint density at radius 2 is 1.44 bits per heavy atom. The molecule has 0 amide bonds. The van der Waals surface area contributed by atoms with Gasteiger partial charge in [-0.3, -0.25) is 4.98 Å². The number of hydrogen-bond donors (Lipinski definition) is 0. The lowest BCUT2D eigenvalue weighted by Gasteiger charge is -2.26. The van der Waals surface area contributed by atoms with Crippen LogP contribution in [0.4, 0.5) is 0 Å². The zero-order chi connectivity index (χ0) is 35.1. The van der Waals surface area contributed by atoms with E-state index in [0.29, 0.717) is 5.92 Å². The van der Waals surface area contributed by atoms with E-state index in [1.807, 2.05) is 18.5 Å². The molecule has 6 aromatic carbocycles. The molecule has 2 heteroatoms. The Kier molecular flexibility index (Phi) is 6.95. The number of hydrogen-bond acceptors (Lipinski definition) is 1. The van der Waals surface area contributed by atoms with Gasteiger partial charge in [0, 0.05) is 41.0 Å². The smallest absolute Gasteiger partial charge is 0.0494 e. The number of aromatic nitrogens is 2. The fourth-order valence-electron chi connectivity index (χ4n) is 9.12. The minimum atomic E-state index is 0.0715. The van der Waals surface area contributed by atoms with E-state index in [-0.39, 0.29) is 5.41 Å². The molecule has 0 N–H and O–H groups in total. The van der Waals surface area contributed by atoms with Crippen LogP contribution in [0.15, 0.2) is 128 Å². The highest BCUT2D eigenvalue weighted by Crippen LogP contribution is 2.49. The highest BCUT2D eigenvalue weighted by atomic mass is 15.0. The molecule has 2 aliphatic rings. The van der Waals surface area contributed by atoms with Gasteiger partial charge in [-0.2, -0.15) is 0 Å². The first-order valence-corrected chi connectivity index (χ1v) is 18.8. The third-order valence-corrected chi connectivity index (χ3v) is 11.7. The predicted octanol–water partition coefficient (Wildman–Crippen LogP) is 13.4. The molecular weight excluding hydrogens is 629 g/mol. The van der Waals surface area contributed by atoms with Gasteiger partial charge in [-0.15, -0.1) is 0 Å². The molecule has 0 aliphatic heterocycles. The summed E-state index contributed by atoms with van der Waals surface area (Å²) in [7, 11) is 0. The topological polar surface area (TPSA) is 17.8 Å². The van der Waals surface area contributed by atoms with E-state index in [0.717, 1.165) is 24.8 Å². The Hall–Kier alpha value is -5.73. The third-order valence-electron chi connectivity index (χ3n) is 11.7. The first-order chi connectivity index (χ1) is 25.3. The number of allylic oxidation sites excluding steroid dienone is 2. The van der Waals surface area contributed by atoms with Crippen molar-refractivity contribution in [2.75, 3.05) is 0 Å². The Bertz CT molecular complexity index is 2700. The first kappa shape index (κ1) is 31.0. The molecule has 0 saturated carbocycles. The predicted molar refractivity (Wildman–Crippen MR) is 222 cm³/mol. The lowest BCUT2D eigenvalue weighted by atomic mass is 9.79. The van der Waals surface area contributed by atoms with Crippen molar-refractivity contribution >= 4 is 50.0 Å². The average molecular weight is 671 g/mol. The van der Waals surface area contributed by atoms with Gasteiger partial charge in [0.2, 0.25) is 0 Å². The van der Waals surface area contributed by atoms with E-state index in [2.05, 4.69) is 159 Å². The Balaban J connectivity index is 1.24. The zero-order valence-corrected chi connectivity index (χ0v) is 30.4. The highest BCUT2D eigenvalue weighted by molar-refractivity contribution is 6.27. The molecule has 2 aliphatic carbocycles. The second-order valence-corrected chi connectivity index (χ2v) is 16.0. The fourth-order valence-corrected chi connectivity index (χ4v) is 9.12. The molecule has 0 radical (unpaired) electrons. The van der Waals surface area contributed by atoms with E-state index in [9.17, 15) is 0 Å². The summed E-state index contributed by atoms with van der Waals surface area (Å²) < 4.78 is 2.55. The Morgan fingerprint density at radius 3 is 2.15 bits per heavy atom. The zero-order valence-electron chi connectivity index (χ0n) is 30.4. The van der Waals surface area contributed by atoms with Gasteiger partial charge >= 0.3 is 0 Å². The number of fused-ring (bicyclic) bond motifs is 3. The third kappa shape index (κ3) is 4.81. The Labute approximate surface area is 306 Å². The summed E-state index contributed by atoms with van der Waals surface area (Å²) in [6.45, 7) is 9.38. The summed E-state index contributed by atoms with van der Waals surface area (Å²) in [6.07, 6.45) is 14.2. The molecule has 2 heterocycles. The monoisotopic (exact) mass is 670 g/mol. The van der Waals surface area contributed by atoms with Crippen molar-refractivity contribution < 1.29 is 0 Å². The van der Waals surface area contributed by atoms with Crippen LogP contribution in [0.25, 0.3) is 78.0 Å². The van der Waals surface area contributed by atoms with Crippen molar-refractivity contribution in [2.24, 2.45) is 0 Å². The van der Waals surface area contributed by atoms with Crippen LogP contribution in [0.5, 0.6) is 0 Å². The SMILES string of the molecule is CC1CC(c2cc(-c3ccc(-c4cccnc4)cc3)c3ccc4cc(C(C)(C)C)cc5ccc2c3c54)=Cc2c3c(n(-c4ccccc4)c21)C=CCC3. The maximum atomic E-state index is 4.37. The average Bonchev–Trinajstić information content (AvgIpc) is 3.52. The molecule has 252 valence electrons. The molecule has 1 unspecified atom stereocenters. The van der Waals surface area contributed by atoms with Crippen LogP contribution in [0.2, 0.25) is 0 Å². The van der Waals surface area contributed by atoms with E-state index in [1.165, 1.54) is 93.9 Å². The van der Waals surface area contributed by atoms with Crippen LogP contribution in [-0.4, -0.2) is 9.55 Å². The molecule has 2 aromatic heterocycles. The molecule has 8 aromatic rings. The largest absolute Gasteiger partial charge is 0.313 e. The molecule has 0 spiro atoms. The number of pyridine rings is 1. The lowest BCUT2D eigenvalue weighted by Crippen LogP contribution is -2.11. The standard InChI is InChI=1S/C50H42N2/c1-31-25-37(28-45-40-14-8-9-15-46(40)52(49(31)45)39-12-6-5-7-13-39)44-29-43(33-18-16-32(17-19-33)36-11-10-24-51-30-36)41-22-20-34-26-38(50(2,3)4)27-35-21-23-42(44)48(41)47(34)35/h5-7,9-13,15-24,26-31H,8,14,25H2,1-4H3. The van der Waals surface area contributed by atoms with Crippen LogP contribution >= 0.6 is 0 Å². The van der Waals surface area contributed by atoms with Gasteiger partial charge in [0.05, 0.1) is 0 Å². The number of nitrogens with zero attached hydrogens (tertiary/aromatic N) is 2. The van der Waals surface area contributed by atoms with Crippen molar-refractivity contribution in [2.45, 2.75) is 58.3 Å². The van der Waals surface area contributed by atoms with Gasteiger partial charge in [-0.25, -0.2) is 0 Å². The summed E-state index contributed by atoms with van der Waals surface area (Å²) in [6, 6.07) is 41.1. The fraction of sp³-hybridized carbons (Fsp3) is 0.180. The normalized spacial score (nSPS) is 15.7. The second-order valence-electron chi connectivity index (χ2n) is 16.0. The van der Waals surface area contributed by atoms with Gasteiger partial charge in [0.15, 0.2) is 0 Å². The van der Waals surface area contributed by atoms with Crippen molar-refractivity contribution in [1.82, 2.24) is 9.55 Å². The molecule has 0 bridgehead atoms. The maximum Gasteiger partial charge on any atom is 0.0494 e. The molecule has 0 fully saturated rings. The van der Waals surface area contributed by atoms with E-state index < -0.39 is 0 Å². The number of benzene rings is 6. The lowest BCUT2D eigenvalue weighted by molar-refractivity contribution is 0.591. The van der Waals surface area contributed by atoms with Crippen molar-refractivity contribution in [1.29, 1.82) is 0 Å². The van der Waals surface area contributed by atoms with Gasteiger partial charge in [-0.05, 0) is 138 Å². The van der Waals surface area contributed by atoms with E-state index in [1.54, 1.807) is 0 Å². The van der Waals surface area contributed by atoms with Crippen LogP contribution in [0, 0.1) is 0 Å². The molecule has 10 rings (SSSR count). The van der Waals surface area contributed by atoms with E-state index >= 15 is 0 Å². The molecule has 1 atom stereocenters. The van der Waals surface area contributed by atoms with Crippen molar-refractivity contribution in [3.8, 4) is 27.9 Å². The Morgan fingerprint density at radius 1 is 0.712 bits per heavy atom. The molecule has 0 saturated heterocycles. The molecular formula is C50H42N2. The van der Waals surface area contributed by atoms with Crippen LogP contribution in [0.1, 0.15) is 80.1 Å². The summed E-state index contributed by atoms with van der Waals surface area (Å²) in [5, 5.41) is 8.07. The van der Waals surface area contributed by atoms with E-state index in [4.69, 9.17) is 0 Å². The van der Waals surface area contributed by atoms with Crippen LogP contribution < -0.4 is 0 Å². The van der Waals surface area contributed by atoms with Crippen molar-refractivity contribution in [3.63, 3.8) is 0 Å². The summed E-state index contributed by atoms with van der Waals surface area (Å²) in [4.78, 5) is 4.37. The minimum absolute atomic E-state index is 0.0715. The van der Waals surface area contributed by atoms with Gasteiger partial charge in [-0.1, -0.05) is 119 Å². The molecule has 2 nitrogen and oxygen atoms in total. The van der Waals surface area contributed by atoms with Gasteiger partial charge in [0.1, 0.15) is 0 Å².